The van der Waals surface area contributed by atoms with Crippen molar-refractivity contribution < 1.29 is 4.74 Å². The maximum Gasteiger partial charge on any atom is 0.121 e. The van der Waals surface area contributed by atoms with Crippen molar-refractivity contribution >= 4 is 0 Å². The summed E-state index contributed by atoms with van der Waals surface area (Å²) in [4.78, 5) is 0. The number of rotatable bonds is 3. The number of ether oxygens (including phenoxy) is 1. The van der Waals surface area contributed by atoms with Crippen molar-refractivity contribution in [2.75, 3.05) is 13.7 Å². The topological polar surface area (TPSA) is 63.9 Å². The Morgan fingerprint density at radius 2 is 2.36 bits per heavy atom. The third-order valence-corrected chi connectivity index (χ3v) is 3.15. The molecule has 78 valence electrons. The van der Waals surface area contributed by atoms with E-state index in [1.165, 1.54) is 17.7 Å². The molecule has 0 spiro atoms. The van der Waals surface area contributed by atoms with Crippen LogP contribution in [0.25, 0.3) is 0 Å². The van der Waals surface area contributed by atoms with E-state index in [0.29, 0.717) is 6.54 Å². The molecule has 2 rings (SSSR count). The van der Waals surface area contributed by atoms with Gasteiger partial charge in [0.15, 0.2) is 0 Å². The predicted molar refractivity (Wildman–Crippen MR) is 54.0 cm³/mol. The molecule has 1 unspecified atom stereocenters. The molecular weight excluding hydrogens is 178 g/mol. The minimum Gasteiger partial charge on any atom is -0.371 e. The van der Waals surface area contributed by atoms with Crippen LogP contribution in [0.2, 0.25) is 0 Å². The fourth-order valence-electron chi connectivity index (χ4n) is 2.03. The van der Waals surface area contributed by atoms with Crippen molar-refractivity contribution in [3.8, 4) is 0 Å². The van der Waals surface area contributed by atoms with E-state index in [1.54, 1.807) is 7.11 Å². The quantitative estimate of drug-likeness (QED) is 0.747. The zero-order chi connectivity index (χ0) is 10.2. The second kappa shape index (κ2) is 3.37. The van der Waals surface area contributed by atoms with Gasteiger partial charge in [-0.15, -0.1) is 0 Å². The van der Waals surface area contributed by atoms with Crippen LogP contribution in [-0.2, 0) is 23.2 Å². The molecule has 1 heterocycles. The Hall–Kier alpha value is -0.870. The number of aromatic amines is 1. The highest BCUT2D eigenvalue weighted by Crippen LogP contribution is 2.31. The molecule has 14 heavy (non-hydrogen) atoms. The average molecular weight is 195 g/mol. The van der Waals surface area contributed by atoms with E-state index in [2.05, 4.69) is 10.2 Å². The van der Waals surface area contributed by atoms with E-state index >= 15 is 0 Å². The SMILES string of the molecule is COC(C)(CN)c1n[nH]c2c1CCC2. The molecular formula is C10H17N3O. The summed E-state index contributed by atoms with van der Waals surface area (Å²) in [7, 11) is 1.68. The zero-order valence-corrected chi connectivity index (χ0v) is 8.76. The highest BCUT2D eigenvalue weighted by molar-refractivity contribution is 5.33. The van der Waals surface area contributed by atoms with Crippen LogP contribution in [0.5, 0.6) is 0 Å². The van der Waals surface area contributed by atoms with Gasteiger partial charge in [0.05, 0.1) is 5.69 Å². The van der Waals surface area contributed by atoms with Gasteiger partial charge in [0, 0.05) is 19.3 Å². The monoisotopic (exact) mass is 195 g/mol. The molecule has 1 aliphatic carbocycles. The highest BCUT2D eigenvalue weighted by Gasteiger charge is 2.32. The molecule has 0 radical (unpaired) electrons. The molecule has 0 amide bonds. The number of nitrogens with one attached hydrogen (secondary N) is 1. The Kier molecular flexibility index (Phi) is 2.33. The van der Waals surface area contributed by atoms with Crippen molar-refractivity contribution in [1.82, 2.24) is 10.2 Å². The van der Waals surface area contributed by atoms with Crippen LogP contribution in [0.1, 0.15) is 30.3 Å². The van der Waals surface area contributed by atoms with Crippen LogP contribution < -0.4 is 5.73 Å². The first-order valence-electron chi connectivity index (χ1n) is 5.03. The number of nitrogens with zero attached hydrogens (tertiary/aromatic N) is 1. The largest absolute Gasteiger partial charge is 0.371 e. The lowest BCUT2D eigenvalue weighted by molar-refractivity contribution is 0.00569. The first-order valence-corrected chi connectivity index (χ1v) is 5.03. The summed E-state index contributed by atoms with van der Waals surface area (Å²) in [6.07, 6.45) is 3.41. The van der Waals surface area contributed by atoms with Crippen molar-refractivity contribution in [3.05, 3.63) is 17.0 Å². The molecule has 1 aliphatic rings. The van der Waals surface area contributed by atoms with Gasteiger partial charge < -0.3 is 10.5 Å². The summed E-state index contributed by atoms with van der Waals surface area (Å²) < 4.78 is 5.45. The lowest BCUT2D eigenvalue weighted by Crippen LogP contribution is -2.35. The maximum atomic E-state index is 5.72. The third kappa shape index (κ3) is 1.26. The molecule has 1 aromatic heterocycles. The van der Waals surface area contributed by atoms with Gasteiger partial charge in [-0.2, -0.15) is 5.10 Å². The van der Waals surface area contributed by atoms with Crippen LogP contribution in [0.15, 0.2) is 0 Å². The third-order valence-electron chi connectivity index (χ3n) is 3.15. The average Bonchev–Trinajstić information content (AvgIpc) is 2.77. The second-order valence-electron chi connectivity index (χ2n) is 4.02. The fourth-order valence-corrected chi connectivity index (χ4v) is 2.03. The van der Waals surface area contributed by atoms with Gasteiger partial charge in [0.25, 0.3) is 0 Å². The van der Waals surface area contributed by atoms with Crippen LogP contribution in [0, 0.1) is 0 Å². The molecule has 3 N–H and O–H groups in total. The van der Waals surface area contributed by atoms with Gasteiger partial charge in [-0.3, -0.25) is 5.10 Å². The van der Waals surface area contributed by atoms with Gasteiger partial charge in [-0.05, 0) is 31.7 Å². The molecule has 0 bridgehead atoms. The lowest BCUT2D eigenvalue weighted by atomic mass is 9.97. The van der Waals surface area contributed by atoms with Crippen LogP contribution >= 0.6 is 0 Å². The minimum atomic E-state index is -0.436. The van der Waals surface area contributed by atoms with Crippen molar-refractivity contribution in [2.45, 2.75) is 31.8 Å². The smallest absolute Gasteiger partial charge is 0.121 e. The van der Waals surface area contributed by atoms with E-state index in [9.17, 15) is 0 Å². The number of hydrogen-bond acceptors (Lipinski definition) is 3. The molecule has 0 fully saturated rings. The number of fused-ring (bicyclic) bond motifs is 1. The number of H-pyrrole nitrogens is 1. The van der Waals surface area contributed by atoms with Crippen LogP contribution in [-0.4, -0.2) is 23.9 Å². The molecule has 4 nitrogen and oxygen atoms in total. The predicted octanol–water partition coefficient (Wildman–Crippen LogP) is 0.719. The van der Waals surface area contributed by atoms with Crippen LogP contribution in [0.3, 0.4) is 0 Å². The Labute approximate surface area is 83.8 Å². The molecule has 1 aromatic rings. The van der Waals surface area contributed by atoms with Crippen molar-refractivity contribution in [2.24, 2.45) is 5.73 Å². The summed E-state index contributed by atoms with van der Waals surface area (Å²) in [6, 6.07) is 0. The van der Waals surface area contributed by atoms with E-state index in [4.69, 9.17) is 10.5 Å². The standard InChI is InChI=1S/C10H17N3O/c1-10(6-11,14-2)9-7-4-3-5-8(7)12-13-9/h3-6,11H2,1-2H3,(H,12,13). The van der Waals surface area contributed by atoms with Crippen molar-refractivity contribution in [3.63, 3.8) is 0 Å². The van der Waals surface area contributed by atoms with Gasteiger partial charge in [-0.1, -0.05) is 0 Å². The highest BCUT2D eigenvalue weighted by atomic mass is 16.5. The van der Waals surface area contributed by atoms with E-state index in [0.717, 1.165) is 18.5 Å². The molecule has 0 aromatic carbocycles. The van der Waals surface area contributed by atoms with Crippen molar-refractivity contribution in [1.29, 1.82) is 0 Å². The minimum absolute atomic E-state index is 0.436. The number of aryl methyl sites for hydroxylation is 1. The van der Waals surface area contributed by atoms with Gasteiger partial charge >= 0.3 is 0 Å². The first-order chi connectivity index (χ1) is 6.71. The summed E-state index contributed by atoms with van der Waals surface area (Å²) in [5, 5.41) is 7.40. The number of nitrogens with two attached hydrogens (primary N) is 1. The molecule has 0 aliphatic heterocycles. The number of methoxy groups -OCH3 is 1. The zero-order valence-electron chi connectivity index (χ0n) is 8.76. The Balaban J connectivity index is 2.40. The summed E-state index contributed by atoms with van der Waals surface area (Å²) in [5.74, 6) is 0. The van der Waals surface area contributed by atoms with E-state index < -0.39 is 5.60 Å². The molecule has 0 saturated carbocycles. The number of hydrogen-bond donors (Lipinski definition) is 2. The lowest BCUT2D eigenvalue weighted by Gasteiger charge is -2.25. The van der Waals surface area contributed by atoms with E-state index in [-0.39, 0.29) is 0 Å². The summed E-state index contributed by atoms with van der Waals surface area (Å²) in [5.41, 5.74) is 8.86. The first kappa shape index (κ1) is 9.68. The normalized spacial score (nSPS) is 19.4. The van der Waals surface area contributed by atoms with Gasteiger partial charge in [0.1, 0.15) is 5.60 Å². The summed E-state index contributed by atoms with van der Waals surface area (Å²) in [6.45, 7) is 2.45. The summed E-state index contributed by atoms with van der Waals surface area (Å²) >= 11 is 0. The molecule has 1 atom stereocenters. The maximum absolute atomic E-state index is 5.72. The fraction of sp³-hybridized carbons (Fsp3) is 0.700. The van der Waals surface area contributed by atoms with Gasteiger partial charge in [0.2, 0.25) is 0 Å². The van der Waals surface area contributed by atoms with Gasteiger partial charge in [-0.25, -0.2) is 0 Å². The molecule has 4 heteroatoms. The molecule has 0 saturated heterocycles. The Morgan fingerprint density at radius 1 is 1.57 bits per heavy atom. The van der Waals surface area contributed by atoms with E-state index in [1.807, 2.05) is 6.92 Å². The second-order valence-corrected chi connectivity index (χ2v) is 4.02. The number of aromatic nitrogens is 2. The Morgan fingerprint density at radius 3 is 3.00 bits per heavy atom. The Bertz CT molecular complexity index is 328. The van der Waals surface area contributed by atoms with Crippen LogP contribution in [0.4, 0.5) is 0 Å².